The van der Waals surface area contributed by atoms with Gasteiger partial charge in [0, 0.05) is 13.2 Å². The molecule has 0 radical (unpaired) electrons. The van der Waals surface area contributed by atoms with E-state index >= 15 is 0 Å². The molecule has 0 spiro atoms. The molecule has 1 heterocycles. The second-order valence-electron chi connectivity index (χ2n) is 4.40. The summed E-state index contributed by atoms with van der Waals surface area (Å²) >= 11 is 0. The van der Waals surface area contributed by atoms with Crippen LogP contribution in [0.1, 0.15) is 16.1 Å². The molecule has 2 aromatic rings. The first kappa shape index (κ1) is 14.1. The van der Waals surface area contributed by atoms with Crippen LogP contribution in [0, 0.1) is 6.92 Å². The number of aromatic nitrogens is 1. The van der Waals surface area contributed by atoms with Gasteiger partial charge in [0.1, 0.15) is 10.6 Å². The van der Waals surface area contributed by atoms with E-state index in [-0.39, 0.29) is 10.6 Å². The number of hydrogen-bond acceptors (Lipinski definition) is 3. The number of rotatable bonds is 4. The fraction of sp³-hybridized carbons (Fsp3) is 0.154. The van der Waals surface area contributed by atoms with Gasteiger partial charge in [-0.1, -0.05) is 18.2 Å². The lowest BCUT2D eigenvalue weighted by molar-refractivity contribution is 0.0686. The Morgan fingerprint density at radius 3 is 2.50 bits per heavy atom. The topological polar surface area (TPSA) is 88.4 Å². The van der Waals surface area contributed by atoms with Crippen LogP contribution in [0.4, 0.5) is 5.69 Å². The van der Waals surface area contributed by atoms with E-state index in [1.807, 2.05) is 0 Å². The molecule has 0 bridgehead atoms. The Labute approximate surface area is 116 Å². The molecule has 0 aliphatic carbocycles. The summed E-state index contributed by atoms with van der Waals surface area (Å²) in [5.74, 6) is -1.18. The first-order chi connectivity index (χ1) is 9.31. The zero-order valence-corrected chi connectivity index (χ0v) is 11.8. The van der Waals surface area contributed by atoms with Crippen LogP contribution in [0.3, 0.4) is 0 Å². The number of hydrogen-bond donors (Lipinski definition) is 2. The predicted molar refractivity (Wildman–Crippen MR) is 74.4 cm³/mol. The standard InChI is InChI=1S/C13H14N2O4S/c1-9-5-3-4-6-11(9)14-20(18,19)10-7-12(13(16)17)15(2)8-10/h3-8,14H,1-2H3,(H,16,17). The molecule has 0 saturated carbocycles. The third-order valence-electron chi connectivity index (χ3n) is 2.90. The average molecular weight is 294 g/mol. The largest absolute Gasteiger partial charge is 0.477 e. The van der Waals surface area contributed by atoms with Crippen LogP contribution in [0.15, 0.2) is 41.4 Å². The van der Waals surface area contributed by atoms with E-state index in [2.05, 4.69) is 4.72 Å². The van der Waals surface area contributed by atoms with Gasteiger partial charge in [-0.2, -0.15) is 0 Å². The summed E-state index contributed by atoms with van der Waals surface area (Å²) in [5, 5.41) is 8.94. The van der Waals surface area contributed by atoms with Crippen LogP contribution in [-0.4, -0.2) is 24.1 Å². The first-order valence-electron chi connectivity index (χ1n) is 5.79. The summed E-state index contributed by atoms with van der Waals surface area (Å²) in [7, 11) is -2.32. The average Bonchev–Trinajstić information content (AvgIpc) is 2.75. The molecule has 2 rings (SSSR count). The Morgan fingerprint density at radius 1 is 1.30 bits per heavy atom. The van der Waals surface area contributed by atoms with Crippen LogP contribution in [0.5, 0.6) is 0 Å². The van der Waals surface area contributed by atoms with Crippen LogP contribution in [-0.2, 0) is 17.1 Å². The number of nitrogens with one attached hydrogen (secondary N) is 1. The molecule has 1 aromatic carbocycles. The summed E-state index contributed by atoms with van der Waals surface area (Å²) in [6.45, 7) is 1.78. The quantitative estimate of drug-likeness (QED) is 0.900. The molecule has 2 N–H and O–H groups in total. The van der Waals surface area contributed by atoms with Gasteiger partial charge in [-0.05, 0) is 24.6 Å². The SMILES string of the molecule is Cc1ccccc1NS(=O)(=O)c1cc(C(=O)O)n(C)c1. The van der Waals surface area contributed by atoms with Gasteiger partial charge in [-0.3, -0.25) is 4.72 Å². The summed E-state index contributed by atoms with van der Waals surface area (Å²) in [6.07, 6.45) is 1.27. The Bertz CT molecular complexity index is 762. The number of carbonyl (C=O) groups is 1. The molecule has 0 amide bonds. The molecule has 106 valence electrons. The van der Waals surface area contributed by atoms with Crippen molar-refractivity contribution in [2.75, 3.05) is 4.72 Å². The molecule has 0 aliphatic rings. The monoisotopic (exact) mass is 294 g/mol. The maximum Gasteiger partial charge on any atom is 0.352 e. The van der Waals surface area contributed by atoms with Gasteiger partial charge in [-0.15, -0.1) is 0 Å². The molecular formula is C13H14N2O4S. The zero-order valence-electron chi connectivity index (χ0n) is 11.0. The van der Waals surface area contributed by atoms with Crippen molar-refractivity contribution >= 4 is 21.7 Å². The fourth-order valence-electron chi connectivity index (χ4n) is 1.78. The molecule has 20 heavy (non-hydrogen) atoms. The second-order valence-corrected chi connectivity index (χ2v) is 6.08. The third-order valence-corrected chi connectivity index (χ3v) is 4.23. The fourth-order valence-corrected chi connectivity index (χ4v) is 2.98. The minimum atomic E-state index is -3.81. The molecule has 0 saturated heterocycles. The number of anilines is 1. The van der Waals surface area contributed by atoms with Gasteiger partial charge in [0.2, 0.25) is 0 Å². The molecule has 1 aromatic heterocycles. The minimum absolute atomic E-state index is 0.0827. The number of nitrogens with zero attached hydrogens (tertiary/aromatic N) is 1. The van der Waals surface area contributed by atoms with Gasteiger partial charge >= 0.3 is 5.97 Å². The molecule has 0 fully saturated rings. The highest BCUT2D eigenvalue weighted by Gasteiger charge is 2.20. The highest BCUT2D eigenvalue weighted by molar-refractivity contribution is 7.92. The summed E-state index contributed by atoms with van der Waals surface area (Å²) in [5.41, 5.74) is 1.16. The van der Waals surface area contributed by atoms with Crippen molar-refractivity contribution in [2.45, 2.75) is 11.8 Å². The Kier molecular flexibility index (Phi) is 3.54. The lowest BCUT2D eigenvalue weighted by atomic mass is 10.2. The highest BCUT2D eigenvalue weighted by Crippen LogP contribution is 2.20. The van der Waals surface area contributed by atoms with Crippen LogP contribution >= 0.6 is 0 Å². The maximum atomic E-state index is 12.2. The Balaban J connectivity index is 2.39. The van der Waals surface area contributed by atoms with E-state index in [1.54, 1.807) is 31.2 Å². The van der Waals surface area contributed by atoms with Crippen molar-refractivity contribution in [1.82, 2.24) is 4.57 Å². The van der Waals surface area contributed by atoms with Crippen LogP contribution in [0.2, 0.25) is 0 Å². The molecule has 6 nitrogen and oxygen atoms in total. The molecular weight excluding hydrogens is 280 g/mol. The maximum absolute atomic E-state index is 12.2. The predicted octanol–water partition coefficient (Wildman–Crippen LogP) is 1.83. The van der Waals surface area contributed by atoms with Crippen molar-refractivity contribution in [3.05, 3.63) is 47.8 Å². The van der Waals surface area contributed by atoms with Crippen molar-refractivity contribution in [3.8, 4) is 0 Å². The van der Waals surface area contributed by atoms with E-state index < -0.39 is 16.0 Å². The minimum Gasteiger partial charge on any atom is -0.477 e. The van der Waals surface area contributed by atoms with Crippen LogP contribution < -0.4 is 4.72 Å². The molecule has 0 unspecified atom stereocenters. The van der Waals surface area contributed by atoms with E-state index in [0.717, 1.165) is 11.6 Å². The van der Waals surface area contributed by atoms with Crippen LogP contribution in [0.25, 0.3) is 0 Å². The molecule has 0 atom stereocenters. The number of carboxylic acid groups (broad SMARTS) is 1. The van der Waals surface area contributed by atoms with E-state index in [4.69, 9.17) is 5.11 Å². The summed E-state index contributed by atoms with van der Waals surface area (Å²) < 4.78 is 28.2. The Morgan fingerprint density at radius 2 is 1.95 bits per heavy atom. The molecule has 7 heteroatoms. The number of carboxylic acids is 1. The van der Waals surface area contributed by atoms with Gasteiger partial charge in [0.15, 0.2) is 0 Å². The van der Waals surface area contributed by atoms with E-state index in [0.29, 0.717) is 5.69 Å². The lowest BCUT2D eigenvalue weighted by Gasteiger charge is -2.08. The summed E-state index contributed by atoms with van der Waals surface area (Å²) in [6, 6.07) is 8.08. The van der Waals surface area contributed by atoms with E-state index in [9.17, 15) is 13.2 Å². The number of benzene rings is 1. The normalized spacial score (nSPS) is 11.3. The number of aryl methyl sites for hydroxylation is 2. The molecule has 0 aliphatic heterocycles. The highest BCUT2D eigenvalue weighted by atomic mass is 32.2. The number of aromatic carboxylic acids is 1. The van der Waals surface area contributed by atoms with Crippen molar-refractivity contribution in [2.24, 2.45) is 7.05 Å². The smallest absolute Gasteiger partial charge is 0.352 e. The van der Waals surface area contributed by atoms with Gasteiger partial charge < -0.3 is 9.67 Å². The van der Waals surface area contributed by atoms with Gasteiger partial charge in [0.25, 0.3) is 10.0 Å². The van der Waals surface area contributed by atoms with E-state index in [1.165, 1.54) is 17.8 Å². The first-order valence-corrected chi connectivity index (χ1v) is 7.27. The number of para-hydroxylation sites is 1. The van der Waals surface area contributed by atoms with Crippen molar-refractivity contribution in [3.63, 3.8) is 0 Å². The third kappa shape index (κ3) is 2.67. The summed E-state index contributed by atoms with van der Waals surface area (Å²) in [4.78, 5) is 10.9. The van der Waals surface area contributed by atoms with Crippen molar-refractivity contribution < 1.29 is 18.3 Å². The lowest BCUT2D eigenvalue weighted by Crippen LogP contribution is -2.13. The van der Waals surface area contributed by atoms with Gasteiger partial charge in [-0.25, -0.2) is 13.2 Å². The van der Waals surface area contributed by atoms with Crippen molar-refractivity contribution in [1.29, 1.82) is 0 Å². The number of sulfonamides is 1. The zero-order chi connectivity index (χ0) is 14.9. The Hall–Kier alpha value is -2.28. The van der Waals surface area contributed by atoms with Gasteiger partial charge in [0.05, 0.1) is 5.69 Å². The second kappa shape index (κ2) is 5.01.